The van der Waals surface area contributed by atoms with Crippen LogP contribution >= 0.6 is 0 Å². The van der Waals surface area contributed by atoms with Gasteiger partial charge in [-0.05, 0) is 67.6 Å². The van der Waals surface area contributed by atoms with Crippen molar-refractivity contribution >= 4 is 21.6 Å². The van der Waals surface area contributed by atoms with Crippen molar-refractivity contribution in [2.24, 2.45) is 0 Å². The van der Waals surface area contributed by atoms with E-state index < -0.39 is 27.8 Å². The molecule has 31 heavy (non-hydrogen) atoms. The number of hydrogen-bond donors (Lipinski definition) is 1. The Morgan fingerprint density at radius 2 is 1.71 bits per heavy atom. The molecule has 8 heteroatoms. The Morgan fingerprint density at radius 1 is 1.10 bits per heavy atom. The van der Waals surface area contributed by atoms with Crippen molar-refractivity contribution in [2.75, 3.05) is 17.7 Å². The van der Waals surface area contributed by atoms with Gasteiger partial charge >= 0.3 is 0 Å². The molecule has 2 aromatic carbocycles. The number of carbonyl (C=O) groups excluding carboxylic acids is 1. The second-order valence-electron chi connectivity index (χ2n) is 8.02. The average molecular weight is 451 g/mol. The molecule has 2 rings (SSSR count). The molecule has 0 bridgehead atoms. The van der Waals surface area contributed by atoms with E-state index in [0.717, 1.165) is 39.1 Å². The van der Waals surface area contributed by atoms with Crippen LogP contribution in [0.5, 0.6) is 5.75 Å². The van der Waals surface area contributed by atoms with Crippen LogP contribution in [0.2, 0.25) is 0 Å². The molecule has 0 aliphatic carbocycles. The summed E-state index contributed by atoms with van der Waals surface area (Å²) in [5, 5.41) is 2.87. The maximum absolute atomic E-state index is 14.3. The molecule has 0 aliphatic heterocycles. The molecule has 6 nitrogen and oxygen atoms in total. The molecular formula is C23H31FN2O4S. The van der Waals surface area contributed by atoms with Gasteiger partial charge in [0.05, 0.1) is 25.1 Å². The highest BCUT2D eigenvalue weighted by atomic mass is 32.2. The maximum atomic E-state index is 14.3. The number of rotatable bonds is 8. The predicted molar refractivity (Wildman–Crippen MR) is 122 cm³/mol. The Labute approximate surface area is 184 Å². The van der Waals surface area contributed by atoms with Crippen LogP contribution in [-0.2, 0) is 14.8 Å². The summed E-state index contributed by atoms with van der Waals surface area (Å²) >= 11 is 0. The first-order chi connectivity index (χ1) is 14.4. The molecule has 0 unspecified atom stereocenters. The zero-order valence-electron chi connectivity index (χ0n) is 19.1. The predicted octanol–water partition coefficient (Wildman–Crippen LogP) is 4.30. The molecule has 2 aromatic rings. The normalized spacial score (nSPS) is 13.6. The van der Waals surface area contributed by atoms with E-state index in [0.29, 0.717) is 0 Å². The Morgan fingerprint density at radius 3 is 2.23 bits per heavy atom. The highest BCUT2D eigenvalue weighted by Crippen LogP contribution is 2.32. The van der Waals surface area contributed by atoms with Gasteiger partial charge in [0.1, 0.15) is 17.6 Å². The smallest absolute Gasteiger partial charge is 0.244 e. The summed E-state index contributed by atoms with van der Waals surface area (Å²) in [7, 11) is -2.28. The molecular weight excluding hydrogens is 419 g/mol. The van der Waals surface area contributed by atoms with Gasteiger partial charge < -0.3 is 10.1 Å². The number of methoxy groups -OCH3 is 1. The van der Waals surface area contributed by atoms with Crippen LogP contribution in [0.4, 0.5) is 10.1 Å². The second-order valence-corrected chi connectivity index (χ2v) is 9.88. The summed E-state index contributed by atoms with van der Waals surface area (Å²) in [6.07, 6.45) is 0.954. The molecule has 2 atom stereocenters. The largest absolute Gasteiger partial charge is 0.496 e. The lowest BCUT2D eigenvalue weighted by atomic mass is 9.93. The van der Waals surface area contributed by atoms with Crippen molar-refractivity contribution < 1.29 is 22.3 Å². The third-order valence-corrected chi connectivity index (χ3v) is 6.47. The number of carbonyl (C=O) groups is 1. The van der Waals surface area contributed by atoms with E-state index in [1.807, 2.05) is 26.0 Å². The van der Waals surface area contributed by atoms with Crippen molar-refractivity contribution in [3.63, 3.8) is 0 Å². The minimum atomic E-state index is -3.90. The number of anilines is 1. The van der Waals surface area contributed by atoms with Gasteiger partial charge in [0, 0.05) is 0 Å². The SMILES string of the molecule is COc1cc(C)c([C@H](C)NC(=O)[C@@H](C)N(c2ccccc2F)S(C)(=O)=O)cc1C(C)C. The van der Waals surface area contributed by atoms with E-state index in [1.54, 1.807) is 7.11 Å². The second kappa shape index (κ2) is 9.68. The lowest BCUT2D eigenvalue weighted by Gasteiger charge is -2.30. The first kappa shape index (κ1) is 24.7. The standard InChI is InChI=1S/C23H31FN2O4S/c1-14(2)18-13-19(15(3)12-22(18)30-6)16(4)25-23(27)17(5)26(31(7,28)29)21-11-9-8-10-20(21)24/h8-14,16-17H,1-7H3,(H,25,27)/t16-,17+/m0/s1. The molecule has 0 aromatic heterocycles. The summed E-state index contributed by atoms with van der Waals surface area (Å²) in [6, 6.07) is 7.89. The number of hydrogen-bond acceptors (Lipinski definition) is 4. The number of para-hydroxylation sites is 1. The van der Waals surface area contributed by atoms with Crippen LogP contribution in [0.1, 0.15) is 56.3 Å². The van der Waals surface area contributed by atoms with Crippen LogP contribution in [0.15, 0.2) is 36.4 Å². The van der Waals surface area contributed by atoms with Crippen molar-refractivity contribution in [3.8, 4) is 5.75 Å². The number of aryl methyl sites for hydroxylation is 1. The Balaban J connectivity index is 2.35. The van der Waals surface area contributed by atoms with Crippen molar-refractivity contribution in [3.05, 3.63) is 58.9 Å². The molecule has 0 radical (unpaired) electrons. The fourth-order valence-electron chi connectivity index (χ4n) is 3.63. The van der Waals surface area contributed by atoms with E-state index in [2.05, 4.69) is 19.2 Å². The monoisotopic (exact) mass is 450 g/mol. The fraction of sp³-hybridized carbons (Fsp3) is 0.435. The first-order valence-electron chi connectivity index (χ1n) is 10.1. The third-order valence-electron chi connectivity index (χ3n) is 5.24. The number of ether oxygens (including phenoxy) is 1. The molecule has 0 saturated carbocycles. The van der Waals surface area contributed by atoms with Gasteiger partial charge in [-0.25, -0.2) is 12.8 Å². The summed E-state index contributed by atoms with van der Waals surface area (Å²) < 4.78 is 45.4. The zero-order valence-corrected chi connectivity index (χ0v) is 19.9. The minimum absolute atomic E-state index is 0.164. The summed E-state index contributed by atoms with van der Waals surface area (Å²) in [4.78, 5) is 13.0. The lowest BCUT2D eigenvalue weighted by molar-refractivity contribution is -0.122. The van der Waals surface area contributed by atoms with E-state index in [9.17, 15) is 17.6 Å². The Bertz CT molecular complexity index is 1050. The van der Waals surface area contributed by atoms with Crippen LogP contribution < -0.4 is 14.4 Å². The summed E-state index contributed by atoms with van der Waals surface area (Å²) in [6.45, 7) is 9.31. The molecule has 0 spiro atoms. The Kier molecular flexibility index (Phi) is 7.70. The van der Waals surface area contributed by atoms with Gasteiger partial charge in [-0.15, -0.1) is 0 Å². The third kappa shape index (κ3) is 5.55. The summed E-state index contributed by atoms with van der Waals surface area (Å²) in [5.41, 5.74) is 2.70. The molecule has 170 valence electrons. The number of benzene rings is 2. The number of nitrogens with zero attached hydrogens (tertiary/aromatic N) is 1. The van der Waals surface area contributed by atoms with Crippen molar-refractivity contribution in [1.82, 2.24) is 5.32 Å². The van der Waals surface area contributed by atoms with Gasteiger partial charge in [0.25, 0.3) is 0 Å². The van der Waals surface area contributed by atoms with Gasteiger partial charge in [-0.2, -0.15) is 0 Å². The van der Waals surface area contributed by atoms with Gasteiger partial charge in [0.2, 0.25) is 15.9 Å². The van der Waals surface area contributed by atoms with E-state index in [-0.39, 0.29) is 17.6 Å². The lowest BCUT2D eigenvalue weighted by Crippen LogP contribution is -2.48. The van der Waals surface area contributed by atoms with Crippen LogP contribution in [0.3, 0.4) is 0 Å². The number of nitrogens with one attached hydrogen (secondary N) is 1. The highest BCUT2D eigenvalue weighted by Gasteiger charge is 2.31. The molecule has 0 heterocycles. The van der Waals surface area contributed by atoms with Gasteiger partial charge in [0.15, 0.2) is 0 Å². The molecule has 0 saturated heterocycles. The van der Waals surface area contributed by atoms with E-state index in [1.165, 1.54) is 25.1 Å². The van der Waals surface area contributed by atoms with Gasteiger partial charge in [-0.1, -0.05) is 26.0 Å². The maximum Gasteiger partial charge on any atom is 0.244 e. The Hall–Kier alpha value is -2.61. The van der Waals surface area contributed by atoms with Crippen LogP contribution in [0.25, 0.3) is 0 Å². The first-order valence-corrected chi connectivity index (χ1v) is 12.0. The quantitative estimate of drug-likeness (QED) is 0.651. The number of sulfonamides is 1. The number of halogens is 1. The molecule has 1 amide bonds. The number of amides is 1. The average Bonchev–Trinajstić information content (AvgIpc) is 2.67. The zero-order chi connectivity index (χ0) is 23.5. The highest BCUT2D eigenvalue weighted by molar-refractivity contribution is 7.92. The van der Waals surface area contributed by atoms with Crippen LogP contribution in [0, 0.1) is 12.7 Å². The molecule has 1 N–H and O–H groups in total. The topological polar surface area (TPSA) is 75.7 Å². The summed E-state index contributed by atoms with van der Waals surface area (Å²) in [5.74, 6) is -0.237. The minimum Gasteiger partial charge on any atom is -0.496 e. The van der Waals surface area contributed by atoms with Gasteiger partial charge in [-0.3, -0.25) is 9.10 Å². The van der Waals surface area contributed by atoms with Crippen molar-refractivity contribution in [2.45, 2.75) is 52.6 Å². The molecule has 0 fully saturated rings. The molecule has 0 aliphatic rings. The van der Waals surface area contributed by atoms with Crippen molar-refractivity contribution in [1.29, 1.82) is 0 Å². The van der Waals surface area contributed by atoms with E-state index in [4.69, 9.17) is 4.74 Å². The van der Waals surface area contributed by atoms with E-state index >= 15 is 0 Å². The fourth-order valence-corrected chi connectivity index (χ4v) is 4.81. The van der Waals surface area contributed by atoms with Crippen LogP contribution in [-0.4, -0.2) is 33.7 Å².